The Morgan fingerprint density at radius 1 is 1.42 bits per heavy atom. The van der Waals surface area contributed by atoms with Gasteiger partial charge in [-0.1, -0.05) is 40.4 Å². The van der Waals surface area contributed by atoms with Crippen molar-refractivity contribution in [3.8, 4) is 5.75 Å². The Kier molecular flexibility index (Phi) is 5.11. The number of benzene rings is 1. The first-order valence-electron chi connectivity index (χ1n) is 6.47. The molecule has 0 aromatic heterocycles. The second-order valence-electron chi connectivity index (χ2n) is 4.94. The maximum absolute atomic E-state index is 12.2. The van der Waals surface area contributed by atoms with Crippen molar-refractivity contribution < 1.29 is 9.90 Å². The summed E-state index contributed by atoms with van der Waals surface area (Å²) >= 11 is 9.36. The molecule has 0 heterocycles. The zero-order valence-corrected chi connectivity index (χ0v) is 12.9. The smallest absolute Gasteiger partial charge is 0.255 e. The minimum Gasteiger partial charge on any atom is -0.507 e. The fraction of sp³-hybridized carbons (Fsp3) is 0.500. The molecule has 1 aliphatic rings. The molecule has 1 aromatic rings. The zero-order chi connectivity index (χ0) is 13.8. The maximum Gasteiger partial charge on any atom is 0.255 e. The fourth-order valence-corrected chi connectivity index (χ4v) is 3.47. The monoisotopic (exact) mass is 345 g/mol. The SMILES string of the molecule is O=C(NC1CCCCC1CBr)c1cc(Cl)ccc1O. The fourth-order valence-electron chi connectivity index (χ4n) is 2.52. The van der Waals surface area contributed by atoms with E-state index in [0.29, 0.717) is 10.9 Å². The lowest BCUT2D eigenvalue weighted by Gasteiger charge is -2.31. The Bertz CT molecular complexity index is 467. The summed E-state index contributed by atoms with van der Waals surface area (Å²) in [6.07, 6.45) is 4.46. The number of rotatable bonds is 3. The summed E-state index contributed by atoms with van der Waals surface area (Å²) in [4.78, 5) is 12.2. The summed E-state index contributed by atoms with van der Waals surface area (Å²) in [5.74, 6) is 0.171. The van der Waals surface area contributed by atoms with E-state index in [2.05, 4.69) is 21.2 Å². The molecule has 19 heavy (non-hydrogen) atoms. The molecule has 1 aliphatic carbocycles. The summed E-state index contributed by atoms with van der Waals surface area (Å²) in [6, 6.07) is 4.67. The van der Waals surface area contributed by atoms with Crippen LogP contribution in [0.5, 0.6) is 5.75 Å². The van der Waals surface area contributed by atoms with E-state index in [4.69, 9.17) is 11.6 Å². The van der Waals surface area contributed by atoms with Gasteiger partial charge in [0.05, 0.1) is 5.56 Å². The van der Waals surface area contributed by atoms with E-state index < -0.39 is 0 Å². The molecule has 5 heteroatoms. The summed E-state index contributed by atoms with van der Waals surface area (Å²) in [6.45, 7) is 0. The van der Waals surface area contributed by atoms with Crippen LogP contribution in [0, 0.1) is 5.92 Å². The van der Waals surface area contributed by atoms with Gasteiger partial charge in [0.2, 0.25) is 0 Å². The molecule has 1 saturated carbocycles. The molecular weight excluding hydrogens is 330 g/mol. The third kappa shape index (κ3) is 3.63. The van der Waals surface area contributed by atoms with Gasteiger partial charge in [-0.05, 0) is 37.0 Å². The summed E-state index contributed by atoms with van der Waals surface area (Å²) in [5.41, 5.74) is 0.242. The van der Waals surface area contributed by atoms with E-state index in [0.717, 1.165) is 24.6 Å². The molecule has 2 unspecified atom stereocenters. The number of phenolic OH excluding ortho intramolecular Hbond substituents is 1. The van der Waals surface area contributed by atoms with Crippen LogP contribution in [0.4, 0.5) is 0 Å². The molecule has 0 spiro atoms. The first-order valence-corrected chi connectivity index (χ1v) is 7.97. The third-order valence-electron chi connectivity index (χ3n) is 3.63. The van der Waals surface area contributed by atoms with Crippen LogP contribution >= 0.6 is 27.5 Å². The summed E-state index contributed by atoms with van der Waals surface area (Å²) in [7, 11) is 0. The van der Waals surface area contributed by atoms with Gasteiger partial charge in [0.15, 0.2) is 0 Å². The number of nitrogens with one attached hydrogen (secondary N) is 1. The van der Waals surface area contributed by atoms with E-state index in [-0.39, 0.29) is 23.3 Å². The van der Waals surface area contributed by atoms with E-state index in [9.17, 15) is 9.90 Å². The van der Waals surface area contributed by atoms with Gasteiger partial charge in [-0.25, -0.2) is 0 Å². The van der Waals surface area contributed by atoms with Gasteiger partial charge < -0.3 is 10.4 Å². The number of hydrogen-bond donors (Lipinski definition) is 2. The van der Waals surface area contributed by atoms with Crippen LogP contribution in [-0.4, -0.2) is 22.4 Å². The van der Waals surface area contributed by atoms with Crippen LogP contribution in [0.1, 0.15) is 36.0 Å². The van der Waals surface area contributed by atoms with Gasteiger partial charge in [0, 0.05) is 16.4 Å². The first kappa shape index (κ1) is 14.7. The van der Waals surface area contributed by atoms with Gasteiger partial charge in [-0.15, -0.1) is 0 Å². The molecule has 3 nitrogen and oxygen atoms in total. The average Bonchev–Trinajstić information content (AvgIpc) is 2.42. The molecule has 2 N–H and O–H groups in total. The highest BCUT2D eigenvalue weighted by Gasteiger charge is 2.26. The number of alkyl halides is 1. The van der Waals surface area contributed by atoms with E-state index >= 15 is 0 Å². The van der Waals surface area contributed by atoms with Crippen molar-refractivity contribution in [1.29, 1.82) is 0 Å². The maximum atomic E-state index is 12.2. The van der Waals surface area contributed by atoms with Crippen LogP contribution < -0.4 is 5.32 Å². The van der Waals surface area contributed by atoms with Gasteiger partial charge in [-0.3, -0.25) is 4.79 Å². The number of halogens is 2. The minimum absolute atomic E-state index is 0.0342. The van der Waals surface area contributed by atoms with Crippen LogP contribution in [0.2, 0.25) is 5.02 Å². The second kappa shape index (κ2) is 6.62. The topological polar surface area (TPSA) is 49.3 Å². The zero-order valence-electron chi connectivity index (χ0n) is 10.5. The Balaban J connectivity index is 2.09. The van der Waals surface area contributed by atoms with E-state index in [1.807, 2.05) is 0 Å². The molecule has 0 saturated heterocycles. The first-order chi connectivity index (χ1) is 9.11. The molecule has 0 bridgehead atoms. The largest absolute Gasteiger partial charge is 0.507 e. The van der Waals surface area contributed by atoms with Gasteiger partial charge in [-0.2, -0.15) is 0 Å². The van der Waals surface area contributed by atoms with E-state index in [1.165, 1.54) is 18.6 Å². The van der Waals surface area contributed by atoms with Crippen molar-refractivity contribution in [2.75, 3.05) is 5.33 Å². The summed E-state index contributed by atoms with van der Waals surface area (Å²) < 4.78 is 0. The molecule has 0 radical (unpaired) electrons. The third-order valence-corrected chi connectivity index (χ3v) is 4.69. The van der Waals surface area contributed by atoms with Crippen LogP contribution in [0.15, 0.2) is 18.2 Å². The number of hydrogen-bond acceptors (Lipinski definition) is 2. The Morgan fingerprint density at radius 3 is 2.89 bits per heavy atom. The Labute approximate surface area is 126 Å². The number of carbonyl (C=O) groups excluding carboxylic acids is 1. The predicted molar refractivity (Wildman–Crippen MR) is 80.1 cm³/mol. The Morgan fingerprint density at radius 2 is 2.16 bits per heavy atom. The quantitative estimate of drug-likeness (QED) is 0.819. The summed E-state index contributed by atoms with van der Waals surface area (Å²) in [5, 5.41) is 14.1. The number of aromatic hydroxyl groups is 1. The van der Waals surface area contributed by atoms with Crippen LogP contribution in [0.25, 0.3) is 0 Å². The molecule has 0 aliphatic heterocycles. The van der Waals surface area contributed by atoms with E-state index in [1.54, 1.807) is 6.07 Å². The highest BCUT2D eigenvalue weighted by molar-refractivity contribution is 9.09. The van der Waals surface area contributed by atoms with Crippen molar-refractivity contribution in [1.82, 2.24) is 5.32 Å². The highest BCUT2D eigenvalue weighted by Crippen LogP contribution is 2.27. The minimum atomic E-state index is -0.252. The van der Waals surface area contributed by atoms with Gasteiger partial charge in [0.1, 0.15) is 5.75 Å². The Hall–Kier alpha value is -0.740. The lowest BCUT2D eigenvalue weighted by Crippen LogP contribution is -2.42. The highest BCUT2D eigenvalue weighted by atomic mass is 79.9. The standard InChI is InChI=1S/C14H17BrClNO2/c15-8-9-3-1-2-4-12(9)17-14(19)11-7-10(16)5-6-13(11)18/h5-7,9,12,18H,1-4,8H2,(H,17,19). The molecule has 1 fully saturated rings. The van der Waals surface area contributed by atoms with Gasteiger partial charge in [0.25, 0.3) is 5.91 Å². The average molecular weight is 347 g/mol. The van der Waals surface area contributed by atoms with Crippen molar-refractivity contribution in [2.24, 2.45) is 5.92 Å². The molecule has 104 valence electrons. The van der Waals surface area contributed by atoms with Crippen LogP contribution in [-0.2, 0) is 0 Å². The normalized spacial score (nSPS) is 23.1. The number of phenols is 1. The molecule has 1 aromatic carbocycles. The molecule has 2 atom stereocenters. The van der Waals surface area contributed by atoms with Crippen molar-refractivity contribution >= 4 is 33.4 Å². The second-order valence-corrected chi connectivity index (χ2v) is 6.02. The lowest BCUT2D eigenvalue weighted by molar-refractivity contribution is 0.0909. The van der Waals surface area contributed by atoms with Crippen LogP contribution in [0.3, 0.4) is 0 Å². The number of carbonyl (C=O) groups is 1. The van der Waals surface area contributed by atoms with Crippen molar-refractivity contribution in [3.63, 3.8) is 0 Å². The number of amides is 1. The van der Waals surface area contributed by atoms with Crippen molar-refractivity contribution in [3.05, 3.63) is 28.8 Å². The predicted octanol–water partition coefficient (Wildman–Crippen LogP) is 3.73. The molecule has 2 rings (SSSR count). The molecular formula is C14H17BrClNO2. The van der Waals surface area contributed by atoms with Crippen molar-refractivity contribution in [2.45, 2.75) is 31.7 Å². The molecule has 1 amide bonds. The lowest BCUT2D eigenvalue weighted by atomic mass is 9.86. The van der Waals surface area contributed by atoms with Gasteiger partial charge >= 0.3 is 0 Å².